The van der Waals surface area contributed by atoms with Crippen LogP contribution in [0.4, 0.5) is 5.82 Å². The lowest BCUT2D eigenvalue weighted by Gasteiger charge is -2.17. The molecule has 0 aliphatic carbocycles. The highest BCUT2D eigenvalue weighted by molar-refractivity contribution is 5.76. The number of aryl methyl sites for hydroxylation is 2. The van der Waals surface area contributed by atoms with Gasteiger partial charge in [0.05, 0.1) is 0 Å². The maximum Gasteiger partial charge on any atom is 0.303 e. The molecule has 0 atom stereocenters. The van der Waals surface area contributed by atoms with Gasteiger partial charge in [-0.1, -0.05) is 12.1 Å². The zero-order valence-electron chi connectivity index (χ0n) is 13.9. The zero-order valence-corrected chi connectivity index (χ0v) is 13.9. The van der Waals surface area contributed by atoms with Crippen LogP contribution in [0.3, 0.4) is 0 Å². The van der Waals surface area contributed by atoms with Crippen molar-refractivity contribution in [1.29, 1.82) is 0 Å². The number of unbranched alkanes of at least 4 members (excludes halogenated alkanes) is 1. The summed E-state index contributed by atoms with van der Waals surface area (Å²) in [5, 5.41) is 14.5. The minimum absolute atomic E-state index is 0.0401. The zero-order chi connectivity index (χ0) is 17.2. The number of pyridine rings is 1. The lowest BCUT2D eigenvalue weighted by molar-refractivity contribution is -0.136. The number of anilines is 1. The standard InChI is InChI=1S/C18H25N3O3/c22-16(19-12-4-3-9-17(23)24)8-2-1-7-15-11-10-14-6-5-13-20-18(14)21-15/h4,10-12H,1-3,5-9,13H2,(H,19,22)(H,20,21)(H,23,24). The number of carboxylic acid groups (broad SMARTS) is 1. The van der Waals surface area contributed by atoms with Gasteiger partial charge in [-0.3, -0.25) is 9.59 Å². The van der Waals surface area contributed by atoms with E-state index in [1.54, 1.807) is 6.08 Å². The number of nitrogens with one attached hydrogen (secondary N) is 2. The molecular formula is C18H25N3O3. The molecule has 0 fully saturated rings. The first kappa shape index (κ1) is 18.0. The van der Waals surface area contributed by atoms with Crippen molar-refractivity contribution in [2.75, 3.05) is 11.9 Å². The summed E-state index contributed by atoms with van der Waals surface area (Å²) in [6, 6.07) is 4.23. The van der Waals surface area contributed by atoms with Crippen LogP contribution >= 0.6 is 0 Å². The third kappa shape index (κ3) is 6.40. The van der Waals surface area contributed by atoms with E-state index < -0.39 is 5.97 Å². The largest absolute Gasteiger partial charge is 0.481 e. The minimum atomic E-state index is -0.836. The molecule has 24 heavy (non-hydrogen) atoms. The Hall–Kier alpha value is -2.37. The van der Waals surface area contributed by atoms with Crippen molar-refractivity contribution in [3.8, 4) is 0 Å². The molecule has 1 aromatic rings. The van der Waals surface area contributed by atoms with E-state index in [1.165, 1.54) is 11.8 Å². The number of carboxylic acids is 1. The van der Waals surface area contributed by atoms with Crippen LogP contribution in [0.1, 0.15) is 49.8 Å². The number of rotatable bonds is 9. The predicted molar refractivity (Wildman–Crippen MR) is 92.8 cm³/mol. The van der Waals surface area contributed by atoms with E-state index >= 15 is 0 Å². The van der Waals surface area contributed by atoms with Crippen molar-refractivity contribution in [3.63, 3.8) is 0 Å². The molecule has 6 heteroatoms. The van der Waals surface area contributed by atoms with Crippen molar-refractivity contribution in [2.24, 2.45) is 0 Å². The summed E-state index contributed by atoms with van der Waals surface area (Å²) in [6.45, 7) is 0.990. The normalized spacial score (nSPS) is 13.3. The highest BCUT2D eigenvalue weighted by Crippen LogP contribution is 2.20. The van der Waals surface area contributed by atoms with E-state index in [-0.39, 0.29) is 12.3 Å². The van der Waals surface area contributed by atoms with Crippen LogP contribution < -0.4 is 10.6 Å². The number of carbonyl (C=O) groups is 2. The highest BCUT2D eigenvalue weighted by atomic mass is 16.4. The molecule has 1 aromatic heterocycles. The van der Waals surface area contributed by atoms with Gasteiger partial charge in [-0.25, -0.2) is 4.98 Å². The summed E-state index contributed by atoms with van der Waals surface area (Å²) in [4.78, 5) is 26.6. The molecule has 2 rings (SSSR count). The number of aromatic nitrogens is 1. The number of aliphatic carboxylic acids is 1. The average Bonchev–Trinajstić information content (AvgIpc) is 2.58. The molecule has 1 aliphatic rings. The summed E-state index contributed by atoms with van der Waals surface area (Å²) in [7, 11) is 0. The molecule has 2 heterocycles. The van der Waals surface area contributed by atoms with Crippen LogP contribution in [0.2, 0.25) is 0 Å². The van der Waals surface area contributed by atoms with E-state index in [9.17, 15) is 9.59 Å². The second kappa shape index (κ2) is 9.70. The average molecular weight is 331 g/mol. The SMILES string of the molecule is O=C(O)CCC=CNC(=O)CCCCc1ccc2c(n1)NCCC2. The van der Waals surface area contributed by atoms with Crippen molar-refractivity contribution < 1.29 is 14.7 Å². The van der Waals surface area contributed by atoms with Gasteiger partial charge < -0.3 is 15.7 Å². The van der Waals surface area contributed by atoms with Gasteiger partial charge in [0.25, 0.3) is 0 Å². The van der Waals surface area contributed by atoms with E-state index in [0.717, 1.165) is 50.2 Å². The second-order valence-electron chi connectivity index (χ2n) is 5.95. The molecule has 0 saturated carbocycles. The third-order valence-electron chi connectivity index (χ3n) is 3.93. The summed E-state index contributed by atoms with van der Waals surface area (Å²) >= 11 is 0. The van der Waals surface area contributed by atoms with Crippen molar-refractivity contribution >= 4 is 17.7 Å². The van der Waals surface area contributed by atoms with Crippen LogP contribution in [0, 0.1) is 0 Å². The maximum absolute atomic E-state index is 11.6. The van der Waals surface area contributed by atoms with Crippen molar-refractivity contribution in [3.05, 3.63) is 35.7 Å². The van der Waals surface area contributed by atoms with Gasteiger partial charge in [0.1, 0.15) is 5.82 Å². The number of allylic oxidation sites excluding steroid dienone is 1. The molecule has 130 valence electrons. The number of hydrogen-bond donors (Lipinski definition) is 3. The molecule has 0 radical (unpaired) electrons. The fraction of sp³-hybridized carbons (Fsp3) is 0.500. The van der Waals surface area contributed by atoms with E-state index in [0.29, 0.717) is 12.8 Å². The molecule has 0 unspecified atom stereocenters. The number of carbonyl (C=O) groups excluding carboxylic acids is 1. The predicted octanol–water partition coefficient (Wildman–Crippen LogP) is 2.65. The Labute approximate surface area is 142 Å². The summed E-state index contributed by atoms with van der Waals surface area (Å²) in [6.07, 6.45) is 9.01. The third-order valence-corrected chi connectivity index (χ3v) is 3.93. The Morgan fingerprint density at radius 3 is 3.00 bits per heavy atom. The van der Waals surface area contributed by atoms with Gasteiger partial charge in [-0.05, 0) is 56.4 Å². The van der Waals surface area contributed by atoms with Crippen LogP contribution in [0.15, 0.2) is 24.4 Å². The van der Waals surface area contributed by atoms with Crippen molar-refractivity contribution in [1.82, 2.24) is 10.3 Å². The fourth-order valence-electron chi connectivity index (χ4n) is 2.61. The molecule has 3 N–H and O–H groups in total. The number of fused-ring (bicyclic) bond motifs is 1. The fourth-order valence-corrected chi connectivity index (χ4v) is 2.61. The first-order valence-electron chi connectivity index (χ1n) is 8.54. The van der Waals surface area contributed by atoms with Gasteiger partial charge >= 0.3 is 5.97 Å². The Morgan fingerprint density at radius 1 is 1.29 bits per heavy atom. The first-order chi connectivity index (χ1) is 11.6. The Morgan fingerprint density at radius 2 is 2.17 bits per heavy atom. The van der Waals surface area contributed by atoms with Crippen LogP contribution in [0.25, 0.3) is 0 Å². The second-order valence-corrected chi connectivity index (χ2v) is 5.95. The molecule has 0 spiro atoms. The van der Waals surface area contributed by atoms with Gasteiger partial charge in [-0.15, -0.1) is 0 Å². The van der Waals surface area contributed by atoms with E-state index in [1.807, 2.05) is 0 Å². The number of hydrogen-bond acceptors (Lipinski definition) is 4. The molecule has 0 saturated heterocycles. The Balaban J connectivity index is 1.60. The van der Waals surface area contributed by atoms with Gasteiger partial charge in [0.15, 0.2) is 0 Å². The Kier molecular flexibility index (Phi) is 7.26. The molecule has 0 bridgehead atoms. The first-order valence-corrected chi connectivity index (χ1v) is 8.54. The molecule has 1 aliphatic heterocycles. The summed E-state index contributed by atoms with van der Waals surface area (Å²) in [5.74, 6) is 0.140. The highest BCUT2D eigenvalue weighted by Gasteiger charge is 2.10. The molecule has 1 amide bonds. The van der Waals surface area contributed by atoms with Crippen LogP contribution in [0.5, 0.6) is 0 Å². The smallest absolute Gasteiger partial charge is 0.303 e. The number of nitrogens with zero attached hydrogens (tertiary/aromatic N) is 1. The lowest BCUT2D eigenvalue weighted by atomic mass is 10.1. The maximum atomic E-state index is 11.6. The topological polar surface area (TPSA) is 91.3 Å². The minimum Gasteiger partial charge on any atom is -0.481 e. The molecular weight excluding hydrogens is 306 g/mol. The van der Waals surface area contributed by atoms with Gasteiger partial charge in [0.2, 0.25) is 5.91 Å². The monoisotopic (exact) mass is 331 g/mol. The van der Waals surface area contributed by atoms with Gasteiger partial charge in [0, 0.05) is 25.1 Å². The van der Waals surface area contributed by atoms with E-state index in [2.05, 4.69) is 27.8 Å². The van der Waals surface area contributed by atoms with Crippen LogP contribution in [-0.4, -0.2) is 28.5 Å². The quantitative estimate of drug-likeness (QED) is 0.605. The molecule has 6 nitrogen and oxygen atoms in total. The summed E-state index contributed by atoms with van der Waals surface area (Å²) < 4.78 is 0. The Bertz CT molecular complexity index is 599. The summed E-state index contributed by atoms with van der Waals surface area (Å²) in [5.41, 5.74) is 2.36. The van der Waals surface area contributed by atoms with Crippen LogP contribution in [-0.2, 0) is 22.4 Å². The van der Waals surface area contributed by atoms with Gasteiger partial charge in [-0.2, -0.15) is 0 Å². The lowest BCUT2D eigenvalue weighted by Crippen LogP contribution is -2.16. The number of amides is 1. The van der Waals surface area contributed by atoms with E-state index in [4.69, 9.17) is 5.11 Å². The van der Waals surface area contributed by atoms with Crippen molar-refractivity contribution in [2.45, 2.75) is 51.4 Å². The molecule has 0 aromatic carbocycles.